The fourth-order valence-electron chi connectivity index (χ4n) is 2.93. The topological polar surface area (TPSA) is 74.8 Å². The lowest BCUT2D eigenvalue weighted by Gasteiger charge is -2.43. The number of ether oxygens (including phenoxy) is 1. The molecule has 3 rings (SSSR count). The van der Waals surface area contributed by atoms with E-state index in [1.165, 1.54) is 11.3 Å². The maximum Gasteiger partial charge on any atom is 0.273 e. The summed E-state index contributed by atoms with van der Waals surface area (Å²) in [7, 11) is 3.96. The van der Waals surface area contributed by atoms with Gasteiger partial charge in [-0.3, -0.25) is 9.59 Å². The van der Waals surface area contributed by atoms with Gasteiger partial charge in [0.15, 0.2) is 0 Å². The summed E-state index contributed by atoms with van der Waals surface area (Å²) in [5.41, 5.74) is 0.226. The number of likely N-dealkylation sites (tertiary alicyclic amines) is 1. The molecule has 0 bridgehead atoms. The molecule has 2 saturated heterocycles. The van der Waals surface area contributed by atoms with E-state index in [0.717, 1.165) is 24.4 Å². The van der Waals surface area contributed by atoms with Gasteiger partial charge >= 0.3 is 0 Å². The van der Waals surface area contributed by atoms with Crippen molar-refractivity contribution in [2.75, 3.05) is 40.3 Å². The predicted octanol–water partition coefficient (Wildman–Crippen LogP) is 0.326. The summed E-state index contributed by atoms with van der Waals surface area (Å²) < 4.78 is 5.73. The van der Waals surface area contributed by atoms with Crippen molar-refractivity contribution in [2.24, 2.45) is 0 Å². The molecule has 0 aromatic carbocycles. The van der Waals surface area contributed by atoms with Crippen molar-refractivity contribution in [3.8, 4) is 0 Å². The molecule has 0 radical (unpaired) electrons. The van der Waals surface area contributed by atoms with Crippen LogP contribution in [-0.4, -0.2) is 72.5 Å². The van der Waals surface area contributed by atoms with Crippen LogP contribution >= 0.6 is 11.3 Å². The van der Waals surface area contributed by atoms with Crippen LogP contribution in [0.2, 0.25) is 0 Å². The zero-order valence-electron chi connectivity index (χ0n) is 13.5. The van der Waals surface area contributed by atoms with Crippen LogP contribution in [0, 0.1) is 0 Å². The van der Waals surface area contributed by atoms with Gasteiger partial charge < -0.3 is 19.9 Å². The third-order valence-corrected chi connectivity index (χ3v) is 5.13. The van der Waals surface area contributed by atoms with Gasteiger partial charge in [-0.25, -0.2) is 4.98 Å². The molecular weight excluding hydrogens is 316 g/mol. The first-order chi connectivity index (χ1) is 11.0. The van der Waals surface area contributed by atoms with E-state index >= 15 is 0 Å². The summed E-state index contributed by atoms with van der Waals surface area (Å²) in [6, 6.07) is 0. The lowest BCUT2D eigenvalue weighted by atomic mass is 9.90. The molecule has 7 nitrogen and oxygen atoms in total. The van der Waals surface area contributed by atoms with E-state index < -0.39 is 0 Å². The van der Waals surface area contributed by atoms with Crippen LogP contribution in [0.3, 0.4) is 0 Å². The van der Waals surface area contributed by atoms with Crippen molar-refractivity contribution in [2.45, 2.75) is 25.0 Å². The number of carbonyl (C=O) groups is 2. The number of aromatic nitrogens is 1. The van der Waals surface area contributed by atoms with Crippen molar-refractivity contribution < 1.29 is 14.3 Å². The molecule has 1 aromatic heterocycles. The first kappa shape index (κ1) is 16.4. The minimum absolute atomic E-state index is 0.0130. The highest BCUT2D eigenvalue weighted by atomic mass is 32.1. The molecule has 23 heavy (non-hydrogen) atoms. The van der Waals surface area contributed by atoms with Gasteiger partial charge in [0.05, 0.1) is 5.60 Å². The Hall–Kier alpha value is -1.51. The minimum atomic E-state index is -0.303. The molecule has 8 heteroatoms. The molecule has 0 aliphatic carbocycles. The van der Waals surface area contributed by atoms with Crippen LogP contribution in [-0.2, 0) is 16.1 Å². The number of hydrogen-bond acceptors (Lipinski definition) is 6. The number of thiazole rings is 1. The average Bonchev–Trinajstić information content (AvgIpc) is 2.98. The maximum absolute atomic E-state index is 12.6. The van der Waals surface area contributed by atoms with Gasteiger partial charge in [-0.05, 0) is 26.9 Å². The zero-order valence-corrected chi connectivity index (χ0v) is 14.3. The smallest absolute Gasteiger partial charge is 0.273 e. The van der Waals surface area contributed by atoms with Crippen LogP contribution in [0.4, 0.5) is 0 Å². The van der Waals surface area contributed by atoms with Crippen molar-refractivity contribution in [3.05, 3.63) is 16.1 Å². The van der Waals surface area contributed by atoms with E-state index in [4.69, 9.17) is 4.74 Å². The monoisotopic (exact) mass is 338 g/mol. The summed E-state index contributed by atoms with van der Waals surface area (Å²) in [5, 5.41) is 5.64. The molecule has 0 unspecified atom stereocenters. The number of hydrogen-bond donors (Lipinski definition) is 1. The largest absolute Gasteiger partial charge is 0.363 e. The highest BCUT2D eigenvalue weighted by Crippen LogP contribution is 2.28. The number of carbonyl (C=O) groups excluding carboxylic acids is 2. The minimum Gasteiger partial charge on any atom is -0.363 e. The Kier molecular flexibility index (Phi) is 4.65. The fraction of sp³-hybridized carbons (Fsp3) is 0.667. The lowest BCUT2D eigenvalue weighted by molar-refractivity contribution is -0.149. The van der Waals surface area contributed by atoms with Crippen LogP contribution in [0.5, 0.6) is 0 Å². The molecule has 1 N–H and O–H groups in total. The Bertz CT molecular complexity index is 581. The summed E-state index contributed by atoms with van der Waals surface area (Å²) in [6.07, 6.45) is 1.49. The van der Waals surface area contributed by atoms with Gasteiger partial charge in [-0.2, -0.15) is 0 Å². The van der Waals surface area contributed by atoms with E-state index in [2.05, 4.69) is 10.3 Å². The second-order valence-corrected chi connectivity index (χ2v) is 7.35. The van der Waals surface area contributed by atoms with E-state index in [9.17, 15) is 9.59 Å². The van der Waals surface area contributed by atoms with Gasteiger partial charge in [0.1, 0.15) is 17.3 Å². The zero-order chi connectivity index (χ0) is 16.4. The molecule has 0 saturated carbocycles. The van der Waals surface area contributed by atoms with Crippen molar-refractivity contribution in [3.63, 3.8) is 0 Å². The molecule has 1 spiro atoms. The van der Waals surface area contributed by atoms with E-state index in [-0.39, 0.29) is 24.0 Å². The van der Waals surface area contributed by atoms with E-state index in [0.29, 0.717) is 25.3 Å². The van der Waals surface area contributed by atoms with Gasteiger partial charge in [0.2, 0.25) is 5.91 Å². The third kappa shape index (κ3) is 3.70. The second-order valence-electron chi connectivity index (χ2n) is 6.40. The SMILES string of the molecule is CN(C)Cc1nc(C(=O)N2CCC3(CC2)CNC(=O)CO3)cs1. The number of nitrogens with one attached hydrogen (secondary N) is 1. The van der Waals surface area contributed by atoms with E-state index in [1.54, 1.807) is 0 Å². The summed E-state index contributed by atoms with van der Waals surface area (Å²) >= 11 is 1.52. The molecule has 1 aromatic rings. The average molecular weight is 338 g/mol. The van der Waals surface area contributed by atoms with Gasteiger partial charge in [0.25, 0.3) is 5.91 Å². The number of rotatable bonds is 3. The Morgan fingerprint density at radius 3 is 2.83 bits per heavy atom. The van der Waals surface area contributed by atoms with E-state index in [1.807, 2.05) is 29.3 Å². The summed E-state index contributed by atoms with van der Waals surface area (Å²) in [6.45, 7) is 2.67. The van der Waals surface area contributed by atoms with Crippen LogP contribution in [0.15, 0.2) is 5.38 Å². The quantitative estimate of drug-likeness (QED) is 0.859. The molecule has 2 aliphatic rings. The van der Waals surface area contributed by atoms with Gasteiger partial charge in [-0.1, -0.05) is 0 Å². The van der Waals surface area contributed by atoms with Crippen molar-refractivity contribution >= 4 is 23.2 Å². The highest BCUT2D eigenvalue weighted by Gasteiger charge is 2.40. The number of nitrogens with zero attached hydrogens (tertiary/aromatic N) is 3. The standard InChI is InChI=1S/C15H22N4O3S/c1-18(2)7-13-17-11(9-23-13)14(21)19-5-3-15(4-6-19)10-16-12(20)8-22-15/h9H,3-8,10H2,1-2H3,(H,16,20). The highest BCUT2D eigenvalue weighted by molar-refractivity contribution is 7.09. The third-order valence-electron chi connectivity index (χ3n) is 4.30. The molecule has 2 amide bonds. The van der Waals surface area contributed by atoms with Crippen LogP contribution in [0.25, 0.3) is 0 Å². The molecule has 2 fully saturated rings. The van der Waals surface area contributed by atoms with Gasteiger partial charge in [-0.15, -0.1) is 11.3 Å². The molecular formula is C15H22N4O3S. The second kappa shape index (κ2) is 6.54. The Morgan fingerprint density at radius 1 is 1.48 bits per heavy atom. The number of amides is 2. The first-order valence-corrected chi connectivity index (χ1v) is 8.64. The Labute approximate surface area is 139 Å². The van der Waals surface area contributed by atoms with Crippen LogP contribution < -0.4 is 5.32 Å². The number of piperidine rings is 1. The molecule has 3 heterocycles. The summed E-state index contributed by atoms with van der Waals surface area (Å²) in [5.74, 6) is -0.0778. The predicted molar refractivity (Wildman–Crippen MR) is 86.3 cm³/mol. The Balaban J connectivity index is 1.58. The normalized spacial score (nSPS) is 20.8. The number of morpholine rings is 1. The first-order valence-electron chi connectivity index (χ1n) is 7.76. The lowest BCUT2D eigenvalue weighted by Crippen LogP contribution is -2.58. The molecule has 2 aliphatic heterocycles. The summed E-state index contributed by atoms with van der Waals surface area (Å²) in [4.78, 5) is 32.1. The fourth-order valence-corrected chi connectivity index (χ4v) is 3.82. The molecule has 126 valence electrons. The van der Waals surface area contributed by atoms with Crippen molar-refractivity contribution in [1.82, 2.24) is 20.1 Å². The van der Waals surface area contributed by atoms with Crippen LogP contribution in [0.1, 0.15) is 28.3 Å². The Morgan fingerprint density at radius 2 is 2.22 bits per heavy atom. The van der Waals surface area contributed by atoms with Crippen molar-refractivity contribution in [1.29, 1.82) is 0 Å². The maximum atomic E-state index is 12.6. The van der Waals surface area contributed by atoms with Gasteiger partial charge in [0, 0.05) is 31.6 Å². The molecule has 0 atom stereocenters.